The minimum absolute atomic E-state index is 1.24. The van der Waals surface area contributed by atoms with E-state index in [1.807, 2.05) is 22.7 Å². The summed E-state index contributed by atoms with van der Waals surface area (Å²) in [5.41, 5.74) is 7.58. The van der Waals surface area contributed by atoms with Gasteiger partial charge in [-0.15, -0.1) is 22.7 Å². The van der Waals surface area contributed by atoms with Gasteiger partial charge in [-0.3, -0.25) is 0 Å². The largest absolute Gasteiger partial charge is 0.135 e. The molecule has 0 fully saturated rings. The molecule has 0 aliphatic heterocycles. The third-order valence-corrected chi connectivity index (χ3v) is 13.7. The minimum atomic E-state index is 1.24. The molecular formula is C52H30S2. The lowest BCUT2D eigenvalue weighted by Gasteiger charge is -2.18. The van der Waals surface area contributed by atoms with Crippen molar-refractivity contribution < 1.29 is 0 Å². The van der Waals surface area contributed by atoms with Crippen LogP contribution in [-0.2, 0) is 0 Å². The topological polar surface area (TPSA) is 0 Å². The number of rotatable bonds is 3. The molecule has 10 aromatic carbocycles. The maximum Gasteiger partial charge on any atom is 0.0362 e. The van der Waals surface area contributed by atoms with Crippen LogP contribution in [0.15, 0.2) is 182 Å². The van der Waals surface area contributed by atoms with Crippen LogP contribution in [0.5, 0.6) is 0 Å². The summed E-state index contributed by atoms with van der Waals surface area (Å²) in [6, 6.07) is 67.8. The van der Waals surface area contributed by atoms with E-state index in [9.17, 15) is 0 Å². The summed E-state index contributed by atoms with van der Waals surface area (Å²) in [7, 11) is 0. The zero-order valence-corrected chi connectivity index (χ0v) is 30.8. The second-order valence-electron chi connectivity index (χ2n) is 14.4. The van der Waals surface area contributed by atoms with Gasteiger partial charge in [0.25, 0.3) is 0 Å². The molecule has 0 saturated heterocycles. The van der Waals surface area contributed by atoms with Crippen LogP contribution < -0.4 is 0 Å². The Labute approximate surface area is 319 Å². The van der Waals surface area contributed by atoms with Gasteiger partial charge in [-0.05, 0) is 107 Å². The molecule has 0 nitrogen and oxygen atoms in total. The Morgan fingerprint density at radius 3 is 1.37 bits per heavy atom. The molecule has 250 valence electrons. The third-order valence-electron chi connectivity index (χ3n) is 11.4. The Morgan fingerprint density at radius 2 is 0.704 bits per heavy atom. The Morgan fingerprint density at radius 1 is 0.241 bits per heavy atom. The lowest BCUT2D eigenvalue weighted by Crippen LogP contribution is -1.90. The Hall–Kier alpha value is -6.32. The Balaban J connectivity index is 0.994. The van der Waals surface area contributed by atoms with Gasteiger partial charge in [0.15, 0.2) is 0 Å². The fourth-order valence-electron chi connectivity index (χ4n) is 9.01. The van der Waals surface area contributed by atoms with E-state index >= 15 is 0 Å². The second kappa shape index (κ2) is 11.6. The molecule has 54 heavy (non-hydrogen) atoms. The number of hydrogen-bond acceptors (Lipinski definition) is 2. The molecule has 0 amide bonds. The monoisotopic (exact) mass is 718 g/mol. The third kappa shape index (κ3) is 4.42. The van der Waals surface area contributed by atoms with E-state index in [1.54, 1.807) is 0 Å². The van der Waals surface area contributed by atoms with E-state index in [1.165, 1.54) is 117 Å². The average molecular weight is 719 g/mol. The first-order valence-corrected chi connectivity index (χ1v) is 20.1. The number of benzene rings is 10. The molecule has 0 bridgehead atoms. The van der Waals surface area contributed by atoms with Crippen molar-refractivity contribution >= 4 is 106 Å². The summed E-state index contributed by atoms with van der Waals surface area (Å²) < 4.78 is 5.39. The first kappa shape index (κ1) is 30.2. The molecule has 0 spiro atoms. The van der Waals surface area contributed by atoms with Crippen LogP contribution in [0.4, 0.5) is 0 Å². The summed E-state index contributed by atoms with van der Waals surface area (Å²) in [4.78, 5) is 0. The van der Waals surface area contributed by atoms with E-state index < -0.39 is 0 Å². The molecular weight excluding hydrogens is 689 g/mol. The van der Waals surface area contributed by atoms with Crippen LogP contribution in [0.25, 0.3) is 117 Å². The molecule has 2 heteroatoms. The number of thiophene rings is 2. The second-order valence-corrected chi connectivity index (χ2v) is 16.5. The fraction of sp³-hybridized carbons (Fsp3) is 0. The van der Waals surface area contributed by atoms with Gasteiger partial charge in [0.05, 0.1) is 0 Å². The van der Waals surface area contributed by atoms with Gasteiger partial charge in [0.2, 0.25) is 0 Å². The summed E-state index contributed by atoms with van der Waals surface area (Å²) in [5.74, 6) is 0. The first-order valence-electron chi connectivity index (χ1n) is 18.5. The summed E-state index contributed by atoms with van der Waals surface area (Å²) in [6.45, 7) is 0. The van der Waals surface area contributed by atoms with E-state index in [2.05, 4.69) is 182 Å². The molecule has 12 aromatic rings. The van der Waals surface area contributed by atoms with E-state index in [0.717, 1.165) is 0 Å². The highest BCUT2D eigenvalue weighted by molar-refractivity contribution is 7.27. The van der Waals surface area contributed by atoms with Crippen molar-refractivity contribution in [3.63, 3.8) is 0 Å². The smallest absolute Gasteiger partial charge is 0.0362 e. The average Bonchev–Trinajstić information content (AvgIpc) is 3.81. The number of fused-ring (bicyclic) bond motifs is 12. The molecule has 0 aliphatic rings. The minimum Gasteiger partial charge on any atom is -0.135 e. The van der Waals surface area contributed by atoms with Crippen LogP contribution in [0.1, 0.15) is 0 Å². The summed E-state index contributed by atoms with van der Waals surface area (Å²) in [6.07, 6.45) is 0. The Bertz CT molecular complexity index is 3430. The van der Waals surface area contributed by atoms with Gasteiger partial charge in [-0.25, -0.2) is 0 Å². The van der Waals surface area contributed by atoms with Crippen molar-refractivity contribution in [2.75, 3.05) is 0 Å². The predicted octanol–water partition coefficient (Wildman–Crippen LogP) is 16.0. The zero-order valence-electron chi connectivity index (χ0n) is 29.1. The highest BCUT2D eigenvalue weighted by Crippen LogP contribution is 2.47. The van der Waals surface area contributed by atoms with Crippen LogP contribution in [0.2, 0.25) is 0 Å². The molecule has 0 radical (unpaired) electrons. The van der Waals surface area contributed by atoms with Crippen molar-refractivity contribution in [1.29, 1.82) is 0 Å². The Kier molecular flexibility index (Phi) is 6.48. The normalized spacial score (nSPS) is 12.1. The van der Waals surface area contributed by atoms with Gasteiger partial charge < -0.3 is 0 Å². The molecule has 0 N–H and O–H groups in total. The van der Waals surface area contributed by atoms with Gasteiger partial charge in [-0.1, -0.05) is 146 Å². The van der Waals surface area contributed by atoms with Crippen LogP contribution >= 0.6 is 22.7 Å². The van der Waals surface area contributed by atoms with E-state index in [-0.39, 0.29) is 0 Å². The van der Waals surface area contributed by atoms with Gasteiger partial charge in [-0.2, -0.15) is 0 Å². The van der Waals surface area contributed by atoms with Crippen molar-refractivity contribution in [2.24, 2.45) is 0 Å². The molecule has 0 atom stereocenters. The highest BCUT2D eigenvalue weighted by atomic mass is 32.1. The predicted molar refractivity (Wildman–Crippen MR) is 239 cm³/mol. The van der Waals surface area contributed by atoms with E-state index in [0.29, 0.717) is 0 Å². The molecule has 0 saturated carbocycles. The fourth-order valence-corrected chi connectivity index (χ4v) is 11.3. The van der Waals surface area contributed by atoms with Gasteiger partial charge in [0.1, 0.15) is 0 Å². The van der Waals surface area contributed by atoms with Crippen molar-refractivity contribution in [3.05, 3.63) is 182 Å². The maximum absolute atomic E-state index is 2.40. The zero-order chi connectivity index (χ0) is 35.3. The first-order chi connectivity index (χ1) is 26.8. The van der Waals surface area contributed by atoms with Crippen LogP contribution in [0.3, 0.4) is 0 Å². The van der Waals surface area contributed by atoms with Crippen molar-refractivity contribution in [1.82, 2.24) is 0 Å². The maximum atomic E-state index is 2.40. The lowest BCUT2D eigenvalue weighted by atomic mass is 9.85. The standard InChI is InChI=1S/C52H30S2/c1-2-10-31(11-3-1)48-38-12-4-6-14-40(38)49(41-15-7-5-13-39(41)48)37-21-20-33-28-34(18-19-35(33)29-37)36-22-25-43-47(30-36)54-46-27-24-32-23-26-45-51(50(32)52(43)46)42-16-8-9-17-44(42)53-45/h1-30H. The van der Waals surface area contributed by atoms with Crippen LogP contribution in [-0.4, -0.2) is 0 Å². The van der Waals surface area contributed by atoms with E-state index in [4.69, 9.17) is 0 Å². The number of hydrogen-bond donors (Lipinski definition) is 0. The summed E-state index contributed by atoms with van der Waals surface area (Å²) >= 11 is 3.81. The SMILES string of the molecule is c1ccc(-c2c3ccccc3c(-c3ccc4cc(-c5ccc6c(c5)sc5ccc7ccc8sc9ccccc9c8c7c56)ccc4c3)c3ccccc23)cc1. The molecule has 0 aliphatic carbocycles. The molecule has 2 heterocycles. The molecule has 2 aromatic heterocycles. The van der Waals surface area contributed by atoms with Crippen molar-refractivity contribution in [3.8, 4) is 33.4 Å². The van der Waals surface area contributed by atoms with Gasteiger partial charge in [0, 0.05) is 45.7 Å². The summed E-state index contributed by atoms with van der Waals surface area (Å²) in [5, 5.41) is 15.8. The molecule has 0 unspecified atom stereocenters. The quantitative estimate of drug-likeness (QED) is 0.160. The van der Waals surface area contributed by atoms with Crippen LogP contribution in [0, 0.1) is 0 Å². The molecule has 12 rings (SSSR count). The lowest BCUT2D eigenvalue weighted by molar-refractivity contribution is 1.66. The van der Waals surface area contributed by atoms with Crippen molar-refractivity contribution in [2.45, 2.75) is 0 Å². The highest BCUT2D eigenvalue weighted by Gasteiger charge is 2.18. The van der Waals surface area contributed by atoms with Gasteiger partial charge >= 0.3 is 0 Å².